The Balaban J connectivity index is 2.44. The van der Waals surface area contributed by atoms with Gasteiger partial charge in [0, 0.05) is 5.56 Å². The van der Waals surface area contributed by atoms with Gasteiger partial charge in [-0.2, -0.15) is 18.4 Å². The van der Waals surface area contributed by atoms with Gasteiger partial charge in [-0.1, -0.05) is 38.5 Å². The first kappa shape index (κ1) is 25.7. The Morgan fingerprint density at radius 3 is 2.06 bits per heavy atom. The molecule has 0 fully saturated rings. The molecule has 0 aliphatic rings. The Morgan fingerprint density at radius 1 is 1.00 bits per heavy atom. The van der Waals surface area contributed by atoms with E-state index in [1.807, 2.05) is 6.92 Å². The number of sulfonamides is 1. The van der Waals surface area contributed by atoms with Crippen molar-refractivity contribution in [2.24, 2.45) is 5.10 Å². The van der Waals surface area contributed by atoms with E-state index in [-0.39, 0.29) is 9.93 Å². The maximum atomic E-state index is 12.6. The second-order valence-electron chi connectivity index (χ2n) is 9.18. The summed E-state index contributed by atoms with van der Waals surface area (Å²) in [5, 5.41) is 4.10. The summed E-state index contributed by atoms with van der Waals surface area (Å²) >= 11 is 0. The summed E-state index contributed by atoms with van der Waals surface area (Å²) in [5.41, 5.74) is 2.09. The Labute approximate surface area is 193 Å². The Hall–Kier alpha value is -2.52. The first-order chi connectivity index (χ1) is 14.7. The second kappa shape index (κ2) is 9.54. The zero-order valence-corrected chi connectivity index (χ0v) is 22.2. The van der Waals surface area contributed by atoms with Gasteiger partial charge >= 0.3 is 0 Å². The van der Waals surface area contributed by atoms with Gasteiger partial charge in [0.15, 0.2) is 11.5 Å². The monoisotopic (exact) mass is 478 g/mol. The van der Waals surface area contributed by atoms with Crippen LogP contribution in [0.4, 0.5) is 0 Å². The van der Waals surface area contributed by atoms with Gasteiger partial charge in [-0.3, -0.25) is 0 Å². The molecule has 0 unspecified atom stereocenters. The lowest BCUT2D eigenvalue weighted by Crippen LogP contribution is -2.44. The fraction of sp³-hybridized carbons (Fsp3) is 0.435. The van der Waals surface area contributed by atoms with Gasteiger partial charge in [-0.05, 0) is 56.2 Å². The van der Waals surface area contributed by atoms with Gasteiger partial charge in [-0.15, -0.1) is 0 Å². The summed E-state index contributed by atoms with van der Waals surface area (Å²) in [6, 6.07) is 10.1. The molecular formula is C23H34N2O5SSi. The zero-order chi connectivity index (χ0) is 24.3. The fourth-order valence-electron chi connectivity index (χ4n) is 2.61. The van der Waals surface area contributed by atoms with Crippen LogP contribution >= 0.6 is 0 Å². The number of ether oxygens (including phenoxy) is 2. The van der Waals surface area contributed by atoms with E-state index in [9.17, 15) is 8.42 Å². The highest BCUT2D eigenvalue weighted by atomic mass is 32.2. The van der Waals surface area contributed by atoms with Crippen molar-refractivity contribution in [3.63, 3.8) is 0 Å². The van der Waals surface area contributed by atoms with Crippen LogP contribution in [0.5, 0.6) is 17.2 Å². The molecule has 0 bridgehead atoms. The van der Waals surface area contributed by atoms with Crippen molar-refractivity contribution in [2.45, 2.75) is 57.6 Å². The summed E-state index contributed by atoms with van der Waals surface area (Å²) in [6.45, 7) is 14.4. The average Bonchev–Trinajstić information content (AvgIpc) is 2.70. The van der Waals surface area contributed by atoms with E-state index in [2.05, 4.69) is 43.8 Å². The third-order valence-corrected chi connectivity index (χ3v) is 11.3. The van der Waals surface area contributed by atoms with Crippen LogP contribution in [0.2, 0.25) is 18.1 Å². The number of hydrogen-bond acceptors (Lipinski definition) is 6. The molecule has 0 aromatic heterocycles. The molecule has 1 N–H and O–H groups in total. The molecular weight excluding hydrogens is 444 g/mol. The van der Waals surface area contributed by atoms with Crippen LogP contribution < -0.4 is 18.7 Å². The minimum Gasteiger partial charge on any atom is -0.541 e. The highest BCUT2D eigenvalue weighted by Crippen LogP contribution is 2.44. The number of nitrogens with zero attached hydrogens (tertiary/aromatic N) is 1. The Bertz CT molecular complexity index is 1090. The maximum Gasteiger partial charge on any atom is 0.276 e. The number of hydrazone groups is 1. The molecule has 0 radical (unpaired) electrons. The number of methoxy groups -OCH3 is 2. The van der Waals surface area contributed by atoms with E-state index in [4.69, 9.17) is 13.9 Å². The minimum atomic E-state index is -3.78. The molecule has 2 aromatic carbocycles. The zero-order valence-electron chi connectivity index (χ0n) is 20.4. The largest absolute Gasteiger partial charge is 0.541 e. The van der Waals surface area contributed by atoms with Crippen LogP contribution in [0.15, 0.2) is 46.4 Å². The summed E-state index contributed by atoms with van der Waals surface area (Å²) in [5.74, 6) is 1.52. The Kier molecular flexibility index (Phi) is 7.67. The van der Waals surface area contributed by atoms with Crippen molar-refractivity contribution in [1.82, 2.24) is 4.83 Å². The van der Waals surface area contributed by atoms with E-state index in [1.54, 1.807) is 57.5 Å². The second-order valence-corrected chi connectivity index (χ2v) is 15.6. The quantitative estimate of drug-likeness (QED) is 0.324. The molecule has 0 aliphatic heterocycles. The van der Waals surface area contributed by atoms with E-state index in [0.29, 0.717) is 28.5 Å². The van der Waals surface area contributed by atoms with Crippen LogP contribution in [0, 0.1) is 6.92 Å². The molecule has 176 valence electrons. The smallest absolute Gasteiger partial charge is 0.276 e. The van der Waals surface area contributed by atoms with Gasteiger partial charge in [0.05, 0.1) is 24.8 Å². The topological polar surface area (TPSA) is 86.2 Å². The molecule has 2 rings (SSSR count). The molecule has 0 saturated carbocycles. The molecule has 0 aliphatic carbocycles. The van der Waals surface area contributed by atoms with E-state index < -0.39 is 18.3 Å². The molecule has 7 nitrogen and oxygen atoms in total. The fourth-order valence-corrected chi connectivity index (χ4v) is 4.47. The lowest BCUT2D eigenvalue weighted by atomic mass is 10.1. The van der Waals surface area contributed by atoms with Crippen LogP contribution in [0.25, 0.3) is 0 Å². The van der Waals surface area contributed by atoms with Crippen molar-refractivity contribution < 1.29 is 22.3 Å². The molecule has 0 saturated heterocycles. The average molecular weight is 479 g/mol. The van der Waals surface area contributed by atoms with Crippen molar-refractivity contribution in [2.75, 3.05) is 14.2 Å². The molecule has 0 amide bonds. The van der Waals surface area contributed by atoms with Crippen LogP contribution in [0.1, 0.15) is 38.8 Å². The number of rotatable bonds is 8. The Morgan fingerprint density at radius 2 is 1.56 bits per heavy atom. The van der Waals surface area contributed by atoms with Gasteiger partial charge in [0.1, 0.15) is 0 Å². The highest BCUT2D eigenvalue weighted by molar-refractivity contribution is 7.89. The standard InChI is InChI=1S/C23H34N2O5SSi/c1-16-10-12-19(13-11-16)31(26,27)25-24-17(2)18-14-20(28-6)22(29-7)21(15-18)30-32(8,9)23(3,4)5/h10-15,25H,1-9H3/b24-17-. The van der Waals surface area contributed by atoms with E-state index >= 15 is 0 Å². The van der Waals surface area contributed by atoms with Crippen molar-refractivity contribution in [3.8, 4) is 17.2 Å². The van der Waals surface area contributed by atoms with Gasteiger partial charge in [0.25, 0.3) is 18.3 Å². The molecule has 2 aromatic rings. The van der Waals surface area contributed by atoms with Crippen LogP contribution in [0.3, 0.4) is 0 Å². The third-order valence-electron chi connectivity index (χ3n) is 5.70. The van der Waals surface area contributed by atoms with Crippen molar-refractivity contribution >= 4 is 24.1 Å². The lowest BCUT2D eigenvalue weighted by molar-refractivity contribution is 0.340. The first-order valence-electron chi connectivity index (χ1n) is 10.3. The predicted octanol–water partition coefficient (Wildman–Crippen LogP) is 5.10. The van der Waals surface area contributed by atoms with Crippen LogP contribution in [-0.4, -0.2) is 36.7 Å². The molecule has 0 heterocycles. The van der Waals surface area contributed by atoms with E-state index in [1.165, 1.54) is 0 Å². The van der Waals surface area contributed by atoms with Crippen molar-refractivity contribution in [1.29, 1.82) is 0 Å². The molecule has 32 heavy (non-hydrogen) atoms. The molecule has 9 heteroatoms. The number of nitrogens with one attached hydrogen (secondary N) is 1. The SMILES string of the molecule is COc1cc(/C(C)=N\NS(=O)(=O)c2ccc(C)cc2)cc(O[Si](C)(C)C(C)(C)C)c1OC. The maximum absolute atomic E-state index is 12.6. The van der Waals surface area contributed by atoms with Gasteiger partial charge < -0.3 is 13.9 Å². The minimum absolute atomic E-state index is 0.0198. The summed E-state index contributed by atoms with van der Waals surface area (Å²) in [7, 11) is -2.85. The van der Waals surface area contributed by atoms with Crippen molar-refractivity contribution in [3.05, 3.63) is 47.5 Å². The van der Waals surface area contributed by atoms with Gasteiger partial charge in [0.2, 0.25) is 5.75 Å². The summed E-state index contributed by atoms with van der Waals surface area (Å²) < 4.78 is 42.7. The lowest BCUT2D eigenvalue weighted by Gasteiger charge is -2.37. The molecule has 0 atom stereocenters. The van der Waals surface area contributed by atoms with Gasteiger partial charge in [-0.25, -0.2) is 0 Å². The van der Waals surface area contributed by atoms with Crippen LogP contribution in [-0.2, 0) is 10.0 Å². The highest BCUT2D eigenvalue weighted by Gasteiger charge is 2.40. The normalized spacial score (nSPS) is 13.0. The first-order valence-corrected chi connectivity index (χ1v) is 14.7. The number of aryl methyl sites for hydroxylation is 1. The number of hydrogen-bond donors (Lipinski definition) is 1. The molecule has 0 spiro atoms. The predicted molar refractivity (Wildman–Crippen MR) is 131 cm³/mol. The van der Waals surface area contributed by atoms with E-state index in [0.717, 1.165) is 5.56 Å². The summed E-state index contributed by atoms with van der Waals surface area (Å²) in [6.07, 6.45) is 0. The number of benzene rings is 2. The summed E-state index contributed by atoms with van der Waals surface area (Å²) in [4.78, 5) is 2.45. The third kappa shape index (κ3) is 5.83.